The number of nitrogens with zero attached hydrogens (tertiary/aromatic N) is 2. The molecule has 4 atom stereocenters. The van der Waals surface area contributed by atoms with Gasteiger partial charge in [0, 0.05) is 87.3 Å². The number of allylic oxidation sites excluding steroid dienone is 1. The first-order valence-corrected chi connectivity index (χ1v) is 23.0. The molecule has 8 bridgehead atoms. The number of hydrogen-bond donors (Lipinski definition) is 5. The molecule has 4 unspecified atom stereocenters. The number of aryl methyl sites for hydroxylation is 3. The molecule has 9 nitrogen and oxygen atoms in total. The van der Waals surface area contributed by atoms with Crippen molar-refractivity contribution in [3.63, 3.8) is 0 Å². The maximum atomic E-state index is 9.62. The van der Waals surface area contributed by atoms with Crippen LogP contribution in [-0.2, 0) is 22.3 Å². The van der Waals surface area contributed by atoms with Crippen molar-refractivity contribution in [2.24, 2.45) is 0 Å². The Balaban J connectivity index is 0.000000209. The van der Waals surface area contributed by atoms with Gasteiger partial charge in [-0.1, -0.05) is 58.7 Å². The van der Waals surface area contributed by atoms with E-state index in [1.54, 1.807) is 11.8 Å². The summed E-state index contributed by atoms with van der Waals surface area (Å²) in [6.45, 7) is 32.6. The second-order valence-corrected chi connectivity index (χ2v) is 17.6. The van der Waals surface area contributed by atoms with Gasteiger partial charge in [-0.25, -0.2) is 4.98 Å². The quantitative estimate of drug-likeness (QED) is 0.0950. The summed E-state index contributed by atoms with van der Waals surface area (Å²) in [4.78, 5) is 20.6. The van der Waals surface area contributed by atoms with E-state index in [1.807, 2.05) is 25.2 Å². The lowest BCUT2D eigenvalue weighted by molar-refractivity contribution is -0.0783. The van der Waals surface area contributed by atoms with E-state index in [2.05, 4.69) is 114 Å². The Kier molecular flexibility index (Phi) is 17.2. The van der Waals surface area contributed by atoms with Gasteiger partial charge in [0.05, 0.1) is 30.2 Å². The molecule has 3 aliphatic heterocycles. The minimum Gasteiger partial charge on any atom is -0.394 e. The molecule has 3 aliphatic rings. The molecular formula is C51H69N5O4S. The van der Waals surface area contributed by atoms with Crippen LogP contribution in [0.5, 0.6) is 0 Å². The van der Waals surface area contributed by atoms with Crippen molar-refractivity contribution >= 4 is 70.3 Å². The number of aliphatic hydroxyl groups excluding tert-OH is 2. The third kappa shape index (κ3) is 11.5. The van der Waals surface area contributed by atoms with Crippen LogP contribution in [0.2, 0.25) is 0 Å². The number of hydrogen-bond acceptors (Lipinski definition) is 7. The number of thioether (sulfide) groups is 1. The molecule has 7 heterocycles. The summed E-state index contributed by atoms with van der Waals surface area (Å²) in [7, 11) is 0. The smallest absolute Gasteiger partial charge is 0.106 e. The highest BCUT2D eigenvalue weighted by atomic mass is 32.2. The Morgan fingerprint density at radius 1 is 0.885 bits per heavy atom. The zero-order valence-electron chi connectivity index (χ0n) is 38.1. The molecule has 0 aromatic carbocycles. The van der Waals surface area contributed by atoms with Crippen LogP contribution in [-0.4, -0.2) is 78.4 Å². The van der Waals surface area contributed by atoms with Crippen LogP contribution >= 0.6 is 11.8 Å². The fourth-order valence-corrected chi connectivity index (χ4v) is 9.33. The monoisotopic (exact) mass is 848 g/mol. The largest absolute Gasteiger partial charge is 0.394 e. The zero-order valence-corrected chi connectivity index (χ0v) is 38.9. The number of aromatic nitrogens is 5. The van der Waals surface area contributed by atoms with Crippen molar-refractivity contribution in [3.8, 4) is 0 Å². The summed E-state index contributed by atoms with van der Waals surface area (Å²) >= 11 is 1.70. The van der Waals surface area contributed by atoms with Crippen molar-refractivity contribution < 1.29 is 19.7 Å². The van der Waals surface area contributed by atoms with E-state index < -0.39 is 0 Å². The summed E-state index contributed by atoms with van der Waals surface area (Å²) in [6, 6.07) is 6.63. The first-order chi connectivity index (χ1) is 29.3. The second kappa shape index (κ2) is 22.1. The first kappa shape index (κ1) is 47.6. The fourth-order valence-electron chi connectivity index (χ4n) is 8.19. The molecule has 0 aliphatic carbocycles. The molecule has 0 spiro atoms. The first-order valence-electron chi connectivity index (χ1n) is 21.9. The number of nitrogens with one attached hydrogen (secondary N) is 3. The van der Waals surface area contributed by atoms with Gasteiger partial charge in [-0.15, -0.1) is 11.8 Å². The fraction of sp³-hybridized carbons (Fsp3) is 0.451. The molecule has 328 valence electrons. The third-order valence-electron chi connectivity index (χ3n) is 11.9. The van der Waals surface area contributed by atoms with Crippen LogP contribution in [0.1, 0.15) is 128 Å². The van der Waals surface area contributed by atoms with Crippen molar-refractivity contribution in [2.45, 2.75) is 124 Å². The molecule has 0 amide bonds. The molecule has 7 rings (SSSR count). The lowest BCUT2D eigenvalue weighted by Crippen LogP contribution is -2.36. The molecule has 0 radical (unpaired) electrons. The average molecular weight is 848 g/mol. The van der Waals surface area contributed by atoms with Gasteiger partial charge in [-0.3, -0.25) is 4.98 Å². The van der Waals surface area contributed by atoms with Crippen LogP contribution in [0.4, 0.5) is 0 Å². The number of fused-ring (bicyclic) bond motifs is 8. The van der Waals surface area contributed by atoms with Crippen molar-refractivity contribution in [2.75, 3.05) is 25.6 Å². The van der Waals surface area contributed by atoms with Gasteiger partial charge < -0.3 is 34.6 Å². The zero-order chi connectivity index (χ0) is 44.4. The maximum Gasteiger partial charge on any atom is 0.106 e. The lowest BCUT2D eigenvalue weighted by Gasteiger charge is -2.31. The van der Waals surface area contributed by atoms with Crippen molar-refractivity contribution in [3.05, 3.63) is 104 Å². The Hall–Kier alpha value is -4.45. The Labute approximate surface area is 367 Å². The molecule has 5 N–H and O–H groups in total. The van der Waals surface area contributed by atoms with Crippen LogP contribution in [0.25, 0.3) is 58.5 Å². The summed E-state index contributed by atoms with van der Waals surface area (Å²) in [5, 5.41) is 20.7. The normalized spacial score (nSPS) is 18.8. The third-order valence-corrected chi connectivity index (χ3v) is 13.1. The summed E-state index contributed by atoms with van der Waals surface area (Å²) in [6.07, 6.45) is 12.7. The Bertz CT molecular complexity index is 2490. The summed E-state index contributed by atoms with van der Waals surface area (Å²) in [5.74, 6) is 1.34. The van der Waals surface area contributed by atoms with E-state index in [-0.39, 0.29) is 24.3 Å². The SMILES string of the molecule is C=Cc1c(C)/c(=C/C)[nH]c1=C.C=Cc1c(C)c2cc3nc(c(C)c4nc(cc5[nH]c(cc1[nH]2)c(C)c5CC)C(C)=C4)CC3C.CCCOCCCSC1CC(O)CC(CO)O1. The maximum absolute atomic E-state index is 9.62. The molecule has 4 aromatic rings. The minimum absolute atomic E-state index is 0.00622. The van der Waals surface area contributed by atoms with E-state index in [0.717, 1.165) is 111 Å². The van der Waals surface area contributed by atoms with Crippen LogP contribution in [0.3, 0.4) is 0 Å². The molecular weight excluding hydrogens is 779 g/mol. The highest BCUT2D eigenvalue weighted by Gasteiger charge is 2.28. The van der Waals surface area contributed by atoms with Crippen LogP contribution in [0, 0.1) is 27.7 Å². The number of ether oxygens (including phenoxy) is 2. The number of rotatable bonds is 11. The van der Waals surface area contributed by atoms with E-state index >= 15 is 0 Å². The molecule has 1 saturated heterocycles. The molecule has 1 fully saturated rings. The Morgan fingerprint density at radius 3 is 2.25 bits per heavy atom. The number of aliphatic hydroxyl groups is 2. The number of H-pyrrole nitrogens is 3. The molecule has 10 heteroatoms. The van der Waals surface area contributed by atoms with Crippen molar-refractivity contribution in [1.82, 2.24) is 24.9 Å². The van der Waals surface area contributed by atoms with Crippen molar-refractivity contribution in [1.29, 1.82) is 0 Å². The van der Waals surface area contributed by atoms with E-state index in [9.17, 15) is 5.11 Å². The van der Waals surface area contributed by atoms with Gasteiger partial charge in [-0.05, 0) is 131 Å². The molecule has 61 heavy (non-hydrogen) atoms. The van der Waals surface area contributed by atoms with Gasteiger partial charge >= 0.3 is 0 Å². The van der Waals surface area contributed by atoms with Crippen LogP contribution < -0.4 is 10.7 Å². The van der Waals surface area contributed by atoms with Gasteiger partial charge in [-0.2, -0.15) is 0 Å². The highest BCUT2D eigenvalue weighted by Crippen LogP contribution is 2.32. The summed E-state index contributed by atoms with van der Waals surface area (Å²) < 4.78 is 11.0. The molecule has 0 saturated carbocycles. The second-order valence-electron chi connectivity index (χ2n) is 16.3. The Morgan fingerprint density at radius 2 is 1.61 bits per heavy atom. The van der Waals surface area contributed by atoms with Gasteiger partial charge in [0.25, 0.3) is 0 Å². The van der Waals surface area contributed by atoms with E-state index in [1.165, 1.54) is 33.4 Å². The topological polar surface area (TPSA) is 132 Å². The van der Waals surface area contributed by atoms with E-state index in [0.29, 0.717) is 18.8 Å². The standard InChI is InChI=1S/C29H32N4.C12H24O4S.C10H13N/c1-8-20-18(6)27-14-29-21(9-2)17(5)26(32-29)12-22-15(3)10-24(30-22)19(7)25-11-16(4)23(31-25)13-28(20)33-27;1-2-4-15-5-3-6-17-12-8-10(14)7-11(9-13)16-12;1-5-9-7(3)10(6-2)11-8(9)4/h9,11-15,32-33H,2,8,10H2,1,3-7H3;10-14H,2-9H2,1H3;5-6,11H,1,4H2,2-3H3/b;;10-6-. The number of aromatic amines is 3. The van der Waals surface area contributed by atoms with Crippen LogP contribution in [0.15, 0.2) is 31.4 Å². The predicted octanol–water partition coefficient (Wildman–Crippen LogP) is 9.92. The average Bonchev–Trinajstić information content (AvgIpc) is 4.02. The highest BCUT2D eigenvalue weighted by molar-refractivity contribution is 7.99. The van der Waals surface area contributed by atoms with Gasteiger partial charge in [0.15, 0.2) is 0 Å². The lowest BCUT2D eigenvalue weighted by atomic mass is 10.0. The summed E-state index contributed by atoms with van der Waals surface area (Å²) in [5.41, 5.74) is 18.4. The predicted molar refractivity (Wildman–Crippen MR) is 260 cm³/mol. The molecule has 4 aromatic heterocycles. The van der Waals surface area contributed by atoms with Gasteiger partial charge in [0.1, 0.15) is 5.44 Å². The van der Waals surface area contributed by atoms with E-state index in [4.69, 9.17) is 24.5 Å². The van der Waals surface area contributed by atoms with Gasteiger partial charge in [0.2, 0.25) is 0 Å². The minimum atomic E-state index is -0.338.